The van der Waals surface area contributed by atoms with Crippen LogP contribution in [0.5, 0.6) is 0 Å². The molecule has 2 aromatic heterocycles. The Morgan fingerprint density at radius 1 is 1.00 bits per heavy atom. The van der Waals surface area contributed by atoms with Gasteiger partial charge in [-0.2, -0.15) is 0 Å². The van der Waals surface area contributed by atoms with Gasteiger partial charge in [0.1, 0.15) is 5.65 Å². The Morgan fingerprint density at radius 2 is 1.78 bits per heavy atom. The highest BCUT2D eigenvalue weighted by Crippen LogP contribution is 2.19. The van der Waals surface area contributed by atoms with Crippen LogP contribution in [0, 0.1) is 0 Å². The number of imidazole rings is 1. The molecule has 0 saturated carbocycles. The van der Waals surface area contributed by atoms with Crippen molar-refractivity contribution < 1.29 is 9.53 Å². The standard InChI is InChI=1S/C18H17N3O2/c22-18(20-8-10-23-11-9-20)15-6-7-17-19-16(13-21(17)12-15)14-4-2-1-3-5-14/h1-7,12-13H,8-11H2. The van der Waals surface area contributed by atoms with Gasteiger partial charge >= 0.3 is 0 Å². The molecule has 1 aliphatic heterocycles. The minimum absolute atomic E-state index is 0.0464. The van der Waals surface area contributed by atoms with Crippen LogP contribution in [0.3, 0.4) is 0 Å². The van der Waals surface area contributed by atoms with Crippen LogP contribution in [0.2, 0.25) is 0 Å². The van der Waals surface area contributed by atoms with Crippen molar-refractivity contribution in [2.45, 2.75) is 0 Å². The van der Waals surface area contributed by atoms with Crippen LogP contribution in [-0.4, -0.2) is 46.5 Å². The Bertz CT molecular complexity index is 836. The number of pyridine rings is 1. The molecule has 1 amide bonds. The van der Waals surface area contributed by atoms with E-state index >= 15 is 0 Å². The molecule has 3 heterocycles. The summed E-state index contributed by atoms with van der Waals surface area (Å²) in [6.07, 6.45) is 3.81. The maximum atomic E-state index is 12.6. The quantitative estimate of drug-likeness (QED) is 0.731. The van der Waals surface area contributed by atoms with Crippen LogP contribution in [0.25, 0.3) is 16.9 Å². The second-order valence-electron chi connectivity index (χ2n) is 5.58. The number of rotatable bonds is 2. The minimum atomic E-state index is 0.0464. The summed E-state index contributed by atoms with van der Waals surface area (Å²) >= 11 is 0. The maximum absolute atomic E-state index is 12.6. The number of nitrogens with zero attached hydrogens (tertiary/aromatic N) is 3. The highest BCUT2D eigenvalue weighted by Gasteiger charge is 2.19. The van der Waals surface area contributed by atoms with E-state index in [1.165, 1.54) is 0 Å². The van der Waals surface area contributed by atoms with Gasteiger partial charge in [-0.15, -0.1) is 0 Å². The Hall–Kier alpha value is -2.66. The molecule has 0 bridgehead atoms. The molecule has 1 aliphatic rings. The molecule has 1 aromatic carbocycles. The molecule has 0 aliphatic carbocycles. The fourth-order valence-electron chi connectivity index (χ4n) is 2.82. The number of fused-ring (bicyclic) bond motifs is 1. The average molecular weight is 307 g/mol. The second kappa shape index (κ2) is 5.85. The van der Waals surface area contributed by atoms with E-state index in [0.29, 0.717) is 31.9 Å². The van der Waals surface area contributed by atoms with E-state index in [1.54, 1.807) is 0 Å². The van der Waals surface area contributed by atoms with Crippen LogP contribution in [0.4, 0.5) is 0 Å². The molecule has 0 spiro atoms. The van der Waals surface area contributed by atoms with Gasteiger partial charge in [-0.3, -0.25) is 4.79 Å². The highest BCUT2D eigenvalue weighted by molar-refractivity contribution is 5.94. The molecule has 5 nitrogen and oxygen atoms in total. The van der Waals surface area contributed by atoms with Crippen molar-refractivity contribution in [3.63, 3.8) is 0 Å². The monoisotopic (exact) mass is 307 g/mol. The van der Waals surface area contributed by atoms with Crippen molar-refractivity contribution in [3.8, 4) is 11.3 Å². The average Bonchev–Trinajstić information content (AvgIpc) is 3.06. The SMILES string of the molecule is O=C(c1ccc2nc(-c3ccccc3)cn2c1)N1CCOCC1. The summed E-state index contributed by atoms with van der Waals surface area (Å²) in [4.78, 5) is 19.0. The Labute approximate surface area is 134 Å². The largest absolute Gasteiger partial charge is 0.378 e. The molecule has 5 heteroatoms. The van der Waals surface area contributed by atoms with E-state index in [4.69, 9.17) is 4.74 Å². The molecule has 3 aromatic rings. The molecule has 1 saturated heterocycles. The predicted octanol–water partition coefficient (Wildman–Crippen LogP) is 2.47. The summed E-state index contributed by atoms with van der Waals surface area (Å²) < 4.78 is 7.21. The first-order chi connectivity index (χ1) is 11.3. The van der Waals surface area contributed by atoms with Crippen molar-refractivity contribution in [3.05, 3.63) is 60.4 Å². The van der Waals surface area contributed by atoms with Crippen molar-refractivity contribution in [2.24, 2.45) is 0 Å². The summed E-state index contributed by atoms with van der Waals surface area (Å²) in [7, 11) is 0. The van der Waals surface area contributed by atoms with Gasteiger partial charge in [-0.05, 0) is 12.1 Å². The number of carbonyl (C=O) groups is 1. The smallest absolute Gasteiger partial charge is 0.255 e. The first-order valence-corrected chi connectivity index (χ1v) is 7.72. The molecular weight excluding hydrogens is 290 g/mol. The van der Waals surface area contributed by atoms with Crippen molar-refractivity contribution in [2.75, 3.05) is 26.3 Å². The third-order valence-corrected chi connectivity index (χ3v) is 4.07. The van der Waals surface area contributed by atoms with Gasteiger partial charge in [-0.25, -0.2) is 4.98 Å². The third-order valence-electron chi connectivity index (χ3n) is 4.07. The number of carbonyl (C=O) groups excluding carboxylic acids is 1. The van der Waals surface area contributed by atoms with E-state index < -0.39 is 0 Å². The Balaban J connectivity index is 1.66. The Kier molecular flexibility index (Phi) is 3.55. The van der Waals surface area contributed by atoms with E-state index in [1.807, 2.05) is 64.2 Å². The van der Waals surface area contributed by atoms with Crippen LogP contribution >= 0.6 is 0 Å². The molecule has 0 radical (unpaired) electrons. The van der Waals surface area contributed by atoms with Gasteiger partial charge in [-0.1, -0.05) is 30.3 Å². The number of hydrogen-bond donors (Lipinski definition) is 0. The first-order valence-electron chi connectivity index (χ1n) is 7.72. The fraction of sp³-hybridized carbons (Fsp3) is 0.222. The summed E-state index contributed by atoms with van der Waals surface area (Å²) in [5.74, 6) is 0.0464. The Morgan fingerprint density at radius 3 is 2.57 bits per heavy atom. The van der Waals surface area contributed by atoms with Crippen molar-refractivity contribution in [1.29, 1.82) is 0 Å². The van der Waals surface area contributed by atoms with Gasteiger partial charge < -0.3 is 14.0 Å². The van der Waals surface area contributed by atoms with E-state index in [9.17, 15) is 4.79 Å². The lowest BCUT2D eigenvalue weighted by molar-refractivity contribution is 0.0302. The van der Waals surface area contributed by atoms with Crippen molar-refractivity contribution in [1.82, 2.24) is 14.3 Å². The van der Waals surface area contributed by atoms with Gasteiger partial charge in [0.05, 0.1) is 24.5 Å². The van der Waals surface area contributed by atoms with Gasteiger partial charge in [0.2, 0.25) is 0 Å². The molecule has 1 fully saturated rings. The number of hydrogen-bond acceptors (Lipinski definition) is 3. The topological polar surface area (TPSA) is 46.8 Å². The molecule has 23 heavy (non-hydrogen) atoms. The van der Waals surface area contributed by atoms with Crippen LogP contribution in [0.1, 0.15) is 10.4 Å². The highest BCUT2D eigenvalue weighted by atomic mass is 16.5. The first kappa shape index (κ1) is 14.0. The lowest BCUT2D eigenvalue weighted by atomic mass is 10.2. The minimum Gasteiger partial charge on any atom is -0.378 e. The van der Waals surface area contributed by atoms with E-state index in [0.717, 1.165) is 16.9 Å². The molecular formula is C18H17N3O2. The zero-order valence-corrected chi connectivity index (χ0v) is 12.7. The second-order valence-corrected chi connectivity index (χ2v) is 5.58. The lowest BCUT2D eigenvalue weighted by Gasteiger charge is -2.26. The lowest BCUT2D eigenvalue weighted by Crippen LogP contribution is -2.40. The number of amides is 1. The van der Waals surface area contributed by atoms with E-state index in [-0.39, 0.29) is 5.91 Å². The summed E-state index contributed by atoms with van der Waals surface area (Å²) in [5.41, 5.74) is 3.48. The van der Waals surface area contributed by atoms with Gasteiger partial charge in [0.25, 0.3) is 5.91 Å². The van der Waals surface area contributed by atoms with Gasteiger partial charge in [0.15, 0.2) is 0 Å². The summed E-state index contributed by atoms with van der Waals surface area (Å²) in [6.45, 7) is 2.51. The number of morpholine rings is 1. The molecule has 0 N–H and O–H groups in total. The third kappa shape index (κ3) is 2.71. The normalized spacial score (nSPS) is 15.0. The maximum Gasteiger partial charge on any atom is 0.255 e. The van der Waals surface area contributed by atoms with Crippen molar-refractivity contribution >= 4 is 11.6 Å². The summed E-state index contributed by atoms with van der Waals surface area (Å²) in [6, 6.07) is 13.8. The van der Waals surface area contributed by atoms with Gasteiger partial charge in [0, 0.05) is 31.0 Å². The summed E-state index contributed by atoms with van der Waals surface area (Å²) in [5, 5.41) is 0. The van der Waals surface area contributed by atoms with Crippen LogP contribution in [0.15, 0.2) is 54.9 Å². The molecule has 116 valence electrons. The number of aromatic nitrogens is 2. The molecule has 0 unspecified atom stereocenters. The zero-order valence-electron chi connectivity index (χ0n) is 12.7. The fourth-order valence-corrected chi connectivity index (χ4v) is 2.82. The molecule has 0 atom stereocenters. The predicted molar refractivity (Wildman–Crippen MR) is 87.4 cm³/mol. The van der Waals surface area contributed by atoms with Crippen LogP contribution < -0.4 is 0 Å². The zero-order chi connectivity index (χ0) is 15.6. The number of ether oxygens (including phenoxy) is 1. The van der Waals surface area contributed by atoms with Crippen LogP contribution in [-0.2, 0) is 4.74 Å². The molecule has 4 rings (SSSR count). The number of benzene rings is 1. The van der Waals surface area contributed by atoms with E-state index in [2.05, 4.69) is 4.98 Å².